The maximum Gasteiger partial charge on any atom is 0.250 e. The fourth-order valence-electron chi connectivity index (χ4n) is 2.17. The first-order chi connectivity index (χ1) is 9.56. The molecule has 100 valence electrons. The Kier molecular flexibility index (Phi) is 2.91. The van der Waals surface area contributed by atoms with E-state index in [1.54, 1.807) is 18.3 Å². The number of fused-ring (bicyclic) bond motifs is 1. The van der Waals surface area contributed by atoms with Gasteiger partial charge in [0, 0.05) is 30.4 Å². The zero-order chi connectivity index (χ0) is 14.3. The maximum absolute atomic E-state index is 11.2. The molecule has 3 rings (SSSR count). The summed E-state index contributed by atoms with van der Waals surface area (Å²) >= 11 is 5.91. The van der Waals surface area contributed by atoms with Gasteiger partial charge in [-0.1, -0.05) is 11.6 Å². The molecule has 3 aromatic heterocycles. The second kappa shape index (κ2) is 4.61. The summed E-state index contributed by atoms with van der Waals surface area (Å²) in [4.78, 5) is 19.6. The molecule has 5 nitrogen and oxygen atoms in total. The molecular formula is C14H11ClN4O. The molecule has 0 aliphatic heterocycles. The average molecular weight is 287 g/mol. The third-order valence-electron chi connectivity index (χ3n) is 3.16. The van der Waals surface area contributed by atoms with Gasteiger partial charge >= 0.3 is 0 Å². The highest BCUT2D eigenvalue weighted by molar-refractivity contribution is 6.29. The second-order valence-electron chi connectivity index (χ2n) is 4.46. The number of hydrogen-bond acceptors (Lipinski definition) is 3. The normalized spacial score (nSPS) is 10.9. The molecule has 0 unspecified atom stereocenters. The molecule has 0 radical (unpaired) electrons. The number of carbonyl (C=O) groups excluding carboxylic acids is 1. The van der Waals surface area contributed by atoms with Crippen molar-refractivity contribution in [2.45, 2.75) is 0 Å². The minimum Gasteiger partial charge on any atom is -0.366 e. The molecule has 1 amide bonds. The summed E-state index contributed by atoms with van der Waals surface area (Å²) in [6.45, 7) is 0. The number of aryl methyl sites for hydroxylation is 1. The SMILES string of the molecule is Cn1c(-c2cncc(C(N)=O)c2)cc2ccc(Cl)nc21. The van der Waals surface area contributed by atoms with Crippen LogP contribution in [0.2, 0.25) is 5.15 Å². The lowest BCUT2D eigenvalue weighted by atomic mass is 10.1. The van der Waals surface area contributed by atoms with Crippen molar-refractivity contribution in [2.75, 3.05) is 0 Å². The minimum atomic E-state index is -0.501. The van der Waals surface area contributed by atoms with E-state index in [1.165, 1.54) is 6.20 Å². The van der Waals surface area contributed by atoms with Crippen molar-refractivity contribution in [3.63, 3.8) is 0 Å². The summed E-state index contributed by atoms with van der Waals surface area (Å²) in [6.07, 6.45) is 3.13. The molecule has 6 heteroatoms. The quantitative estimate of drug-likeness (QED) is 0.735. The van der Waals surface area contributed by atoms with E-state index in [2.05, 4.69) is 9.97 Å². The topological polar surface area (TPSA) is 73.8 Å². The predicted octanol–water partition coefficient (Wildman–Crippen LogP) is 2.39. The molecular weight excluding hydrogens is 276 g/mol. The third-order valence-corrected chi connectivity index (χ3v) is 3.37. The molecule has 0 atom stereocenters. The van der Waals surface area contributed by atoms with E-state index < -0.39 is 5.91 Å². The number of halogens is 1. The van der Waals surface area contributed by atoms with E-state index in [-0.39, 0.29) is 0 Å². The third kappa shape index (κ3) is 2.02. The monoisotopic (exact) mass is 286 g/mol. The number of nitrogens with two attached hydrogens (primary N) is 1. The summed E-state index contributed by atoms with van der Waals surface area (Å²) in [6, 6.07) is 7.33. The Balaban J connectivity index is 2.22. The standard InChI is InChI=1S/C14H11ClN4O/c1-19-11(5-8-2-3-12(15)18-14(8)19)9-4-10(13(16)20)7-17-6-9/h2-7H,1H3,(H2,16,20). The zero-order valence-corrected chi connectivity index (χ0v) is 11.4. The van der Waals surface area contributed by atoms with Crippen LogP contribution in [0.4, 0.5) is 0 Å². The van der Waals surface area contributed by atoms with Gasteiger partial charge in [-0.15, -0.1) is 0 Å². The highest BCUT2D eigenvalue weighted by Crippen LogP contribution is 2.27. The molecule has 0 aliphatic rings. The number of amides is 1. The summed E-state index contributed by atoms with van der Waals surface area (Å²) in [5.74, 6) is -0.501. The Morgan fingerprint density at radius 3 is 2.85 bits per heavy atom. The van der Waals surface area contributed by atoms with Crippen molar-refractivity contribution in [1.29, 1.82) is 0 Å². The minimum absolute atomic E-state index is 0.374. The van der Waals surface area contributed by atoms with Crippen LogP contribution in [0.5, 0.6) is 0 Å². The van der Waals surface area contributed by atoms with Gasteiger partial charge in [0.15, 0.2) is 0 Å². The molecule has 0 aromatic carbocycles. The van der Waals surface area contributed by atoms with E-state index in [1.807, 2.05) is 23.7 Å². The van der Waals surface area contributed by atoms with Crippen LogP contribution in [0, 0.1) is 0 Å². The van der Waals surface area contributed by atoms with E-state index in [9.17, 15) is 4.79 Å². The molecule has 0 saturated carbocycles. The number of aromatic nitrogens is 3. The largest absolute Gasteiger partial charge is 0.366 e. The molecule has 0 fully saturated rings. The van der Waals surface area contributed by atoms with Gasteiger partial charge in [-0.25, -0.2) is 4.98 Å². The summed E-state index contributed by atoms with van der Waals surface area (Å²) < 4.78 is 1.91. The van der Waals surface area contributed by atoms with Crippen LogP contribution in [-0.2, 0) is 7.05 Å². The van der Waals surface area contributed by atoms with Gasteiger partial charge in [-0.2, -0.15) is 0 Å². The molecule has 2 N–H and O–H groups in total. The lowest BCUT2D eigenvalue weighted by Crippen LogP contribution is -2.11. The van der Waals surface area contributed by atoms with E-state index in [0.717, 1.165) is 22.3 Å². The van der Waals surface area contributed by atoms with Crippen LogP contribution in [-0.4, -0.2) is 20.4 Å². The van der Waals surface area contributed by atoms with Crippen molar-refractivity contribution in [1.82, 2.24) is 14.5 Å². The van der Waals surface area contributed by atoms with Gasteiger partial charge in [-0.3, -0.25) is 9.78 Å². The highest BCUT2D eigenvalue weighted by atomic mass is 35.5. The average Bonchev–Trinajstić information content (AvgIpc) is 2.76. The molecule has 3 aromatic rings. The number of rotatable bonds is 2. The Hall–Kier alpha value is -2.40. The number of nitrogens with zero attached hydrogens (tertiary/aromatic N) is 3. The molecule has 3 heterocycles. The molecule has 0 spiro atoms. The van der Waals surface area contributed by atoms with Crippen LogP contribution < -0.4 is 5.73 Å². The molecule has 0 aliphatic carbocycles. The van der Waals surface area contributed by atoms with Gasteiger partial charge in [0.25, 0.3) is 0 Å². The van der Waals surface area contributed by atoms with Crippen molar-refractivity contribution in [3.05, 3.63) is 47.4 Å². The Morgan fingerprint density at radius 1 is 1.30 bits per heavy atom. The summed E-state index contributed by atoms with van der Waals surface area (Å²) in [5, 5.41) is 1.41. The molecule has 20 heavy (non-hydrogen) atoms. The van der Waals surface area contributed by atoms with Gasteiger partial charge in [0.05, 0.1) is 11.3 Å². The first kappa shape index (κ1) is 12.6. The summed E-state index contributed by atoms with van der Waals surface area (Å²) in [5.41, 5.74) is 8.12. The summed E-state index contributed by atoms with van der Waals surface area (Å²) in [7, 11) is 1.89. The van der Waals surface area contributed by atoms with Crippen LogP contribution in [0.1, 0.15) is 10.4 Å². The number of hydrogen-bond donors (Lipinski definition) is 1. The Labute approximate surface area is 120 Å². The molecule has 0 saturated heterocycles. The van der Waals surface area contributed by atoms with Gasteiger partial charge in [0.2, 0.25) is 5.91 Å². The fourth-order valence-corrected chi connectivity index (χ4v) is 2.31. The maximum atomic E-state index is 11.2. The van der Waals surface area contributed by atoms with Crippen LogP contribution in [0.25, 0.3) is 22.3 Å². The predicted molar refractivity (Wildman–Crippen MR) is 77.5 cm³/mol. The first-order valence-corrected chi connectivity index (χ1v) is 6.31. The Morgan fingerprint density at radius 2 is 2.10 bits per heavy atom. The highest BCUT2D eigenvalue weighted by Gasteiger charge is 2.11. The van der Waals surface area contributed by atoms with Crippen molar-refractivity contribution >= 4 is 28.5 Å². The Bertz CT molecular complexity index is 825. The van der Waals surface area contributed by atoms with Gasteiger partial charge in [0.1, 0.15) is 10.8 Å². The van der Waals surface area contributed by atoms with Crippen molar-refractivity contribution in [2.24, 2.45) is 12.8 Å². The zero-order valence-electron chi connectivity index (χ0n) is 10.7. The van der Waals surface area contributed by atoms with E-state index >= 15 is 0 Å². The smallest absolute Gasteiger partial charge is 0.250 e. The van der Waals surface area contributed by atoms with Gasteiger partial charge in [-0.05, 0) is 24.3 Å². The van der Waals surface area contributed by atoms with Crippen molar-refractivity contribution < 1.29 is 4.79 Å². The van der Waals surface area contributed by atoms with Crippen LogP contribution >= 0.6 is 11.6 Å². The second-order valence-corrected chi connectivity index (χ2v) is 4.85. The lowest BCUT2D eigenvalue weighted by molar-refractivity contribution is 0.1000. The van der Waals surface area contributed by atoms with Crippen LogP contribution in [0.15, 0.2) is 36.7 Å². The van der Waals surface area contributed by atoms with Crippen LogP contribution in [0.3, 0.4) is 0 Å². The number of pyridine rings is 2. The lowest BCUT2D eigenvalue weighted by Gasteiger charge is -2.04. The fraction of sp³-hybridized carbons (Fsp3) is 0.0714. The van der Waals surface area contributed by atoms with Gasteiger partial charge < -0.3 is 10.3 Å². The molecule has 0 bridgehead atoms. The van der Waals surface area contributed by atoms with Crippen molar-refractivity contribution in [3.8, 4) is 11.3 Å². The first-order valence-electron chi connectivity index (χ1n) is 5.93. The number of carbonyl (C=O) groups is 1. The van der Waals surface area contributed by atoms with E-state index in [4.69, 9.17) is 17.3 Å². The van der Waals surface area contributed by atoms with E-state index in [0.29, 0.717) is 10.7 Å². The number of primary amides is 1.